The standard InChI is InChI=1S/C13H18F3NO/c1-9(12-7-4-8-18-12)17-11-6-3-2-5-10(11)13(14,15)16/h4,7-11,17H,2-3,5-6H2,1H3. The number of hydrogen-bond acceptors (Lipinski definition) is 2. The van der Waals surface area contributed by atoms with Crippen molar-refractivity contribution in [3.8, 4) is 0 Å². The first-order valence-electron chi connectivity index (χ1n) is 6.34. The molecule has 0 bridgehead atoms. The van der Waals surface area contributed by atoms with Crippen LogP contribution >= 0.6 is 0 Å². The molecule has 1 N–H and O–H groups in total. The molecule has 2 nitrogen and oxygen atoms in total. The normalized spacial score (nSPS) is 27.1. The van der Waals surface area contributed by atoms with E-state index in [9.17, 15) is 13.2 Å². The minimum atomic E-state index is -4.11. The summed E-state index contributed by atoms with van der Waals surface area (Å²) in [5, 5.41) is 3.06. The zero-order chi connectivity index (χ0) is 13.2. The van der Waals surface area contributed by atoms with Crippen LogP contribution in [0.3, 0.4) is 0 Å². The van der Waals surface area contributed by atoms with Gasteiger partial charge in [-0.2, -0.15) is 13.2 Å². The fourth-order valence-electron chi connectivity index (χ4n) is 2.66. The van der Waals surface area contributed by atoms with Crippen molar-refractivity contribution in [2.45, 2.75) is 50.9 Å². The minimum absolute atomic E-state index is 0.187. The summed E-state index contributed by atoms with van der Waals surface area (Å²) in [5.74, 6) is -0.551. The van der Waals surface area contributed by atoms with Gasteiger partial charge in [-0.3, -0.25) is 0 Å². The van der Waals surface area contributed by atoms with Crippen LogP contribution in [-0.4, -0.2) is 12.2 Å². The van der Waals surface area contributed by atoms with Gasteiger partial charge in [0.25, 0.3) is 0 Å². The van der Waals surface area contributed by atoms with Crippen molar-refractivity contribution in [1.82, 2.24) is 5.32 Å². The van der Waals surface area contributed by atoms with E-state index in [0.29, 0.717) is 18.6 Å². The summed E-state index contributed by atoms with van der Waals surface area (Å²) in [6.07, 6.45) is -0.246. The predicted octanol–water partition coefficient (Wildman–Crippen LogP) is 4.05. The second-order valence-corrected chi connectivity index (χ2v) is 4.94. The van der Waals surface area contributed by atoms with E-state index in [1.54, 1.807) is 12.1 Å². The van der Waals surface area contributed by atoms with Crippen molar-refractivity contribution >= 4 is 0 Å². The molecule has 5 heteroatoms. The van der Waals surface area contributed by atoms with E-state index in [-0.39, 0.29) is 12.5 Å². The topological polar surface area (TPSA) is 25.2 Å². The first-order valence-corrected chi connectivity index (χ1v) is 6.34. The third-order valence-electron chi connectivity index (χ3n) is 3.62. The van der Waals surface area contributed by atoms with E-state index < -0.39 is 18.1 Å². The zero-order valence-corrected chi connectivity index (χ0v) is 10.3. The number of furan rings is 1. The molecule has 0 saturated heterocycles. The summed E-state index contributed by atoms with van der Waals surface area (Å²) < 4.78 is 44.0. The monoisotopic (exact) mass is 261 g/mol. The highest BCUT2D eigenvalue weighted by Crippen LogP contribution is 2.38. The Balaban J connectivity index is 2.01. The summed E-state index contributed by atoms with van der Waals surface area (Å²) in [6.45, 7) is 1.83. The summed E-state index contributed by atoms with van der Waals surface area (Å²) >= 11 is 0. The van der Waals surface area contributed by atoms with E-state index in [1.807, 2.05) is 6.92 Å². The highest BCUT2D eigenvalue weighted by molar-refractivity contribution is 5.04. The van der Waals surface area contributed by atoms with Crippen molar-refractivity contribution in [3.63, 3.8) is 0 Å². The number of halogens is 3. The Morgan fingerprint density at radius 1 is 1.33 bits per heavy atom. The molecule has 0 radical (unpaired) electrons. The Morgan fingerprint density at radius 3 is 2.67 bits per heavy atom. The van der Waals surface area contributed by atoms with Gasteiger partial charge in [0.15, 0.2) is 0 Å². The molecule has 1 saturated carbocycles. The first kappa shape index (κ1) is 13.5. The second kappa shape index (κ2) is 5.34. The van der Waals surface area contributed by atoms with Crippen LogP contribution in [0.5, 0.6) is 0 Å². The summed E-state index contributed by atoms with van der Waals surface area (Å²) in [4.78, 5) is 0. The third-order valence-corrected chi connectivity index (χ3v) is 3.62. The highest BCUT2D eigenvalue weighted by atomic mass is 19.4. The number of rotatable bonds is 3. The minimum Gasteiger partial charge on any atom is -0.468 e. The third kappa shape index (κ3) is 3.07. The molecule has 0 aromatic carbocycles. The van der Waals surface area contributed by atoms with Gasteiger partial charge in [-0.15, -0.1) is 0 Å². The van der Waals surface area contributed by atoms with Crippen LogP contribution in [0.2, 0.25) is 0 Å². The molecule has 2 rings (SSSR count). The van der Waals surface area contributed by atoms with Crippen molar-refractivity contribution < 1.29 is 17.6 Å². The van der Waals surface area contributed by atoms with Crippen molar-refractivity contribution in [2.24, 2.45) is 5.92 Å². The lowest BCUT2D eigenvalue weighted by molar-refractivity contribution is -0.189. The molecule has 0 aliphatic heterocycles. The van der Waals surface area contributed by atoms with Gasteiger partial charge in [-0.25, -0.2) is 0 Å². The van der Waals surface area contributed by atoms with E-state index in [4.69, 9.17) is 4.42 Å². The number of hydrogen-bond donors (Lipinski definition) is 1. The van der Waals surface area contributed by atoms with Gasteiger partial charge in [0.2, 0.25) is 0 Å². The summed E-state index contributed by atoms with van der Waals surface area (Å²) in [7, 11) is 0. The molecule has 1 aliphatic carbocycles. The molecule has 0 spiro atoms. The molecule has 1 aromatic rings. The molecule has 1 aromatic heterocycles. The van der Waals surface area contributed by atoms with Crippen LogP contribution in [0.25, 0.3) is 0 Å². The summed E-state index contributed by atoms with van der Waals surface area (Å²) in [5.41, 5.74) is 0. The Bertz CT molecular complexity index is 361. The van der Waals surface area contributed by atoms with Crippen molar-refractivity contribution in [1.29, 1.82) is 0 Å². The van der Waals surface area contributed by atoms with E-state index in [2.05, 4.69) is 5.32 Å². The Labute approximate surface area is 105 Å². The molecular formula is C13H18F3NO. The van der Waals surface area contributed by atoms with Gasteiger partial charge < -0.3 is 9.73 Å². The van der Waals surface area contributed by atoms with Crippen molar-refractivity contribution in [3.05, 3.63) is 24.2 Å². The molecule has 1 heterocycles. The van der Waals surface area contributed by atoms with Gasteiger partial charge >= 0.3 is 6.18 Å². The SMILES string of the molecule is CC(NC1CCCCC1C(F)(F)F)c1ccco1. The maximum Gasteiger partial charge on any atom is 0.393 e. The van der Waals surface area contributed by atoms with Crippen LogP contribution in [0.15, 0.2) is 22.8 Å². The van der Waals surface area contributed by atoms with Crippen LogP contribution in [0.4, 0.5) is 13.2 Å². The number of nitrogens with one attached hydrogen (secondary N) is 1. The highest BCUT2D eigenvalue weighted by Gasteiger charge is 2.45. The van der Waals surface area contributed by atoms with Gasteiger partial charge in [0.1, 0.15) is 5.76 Å². The lowest BCUT2D eigenvalue weighted by Gasteiger charge is -2.35. The smallest absolute Gasteiger partial charge is 0.393 e. The Morgan fingerprint density at radius 2 is 2.06 bits per heavy atom. The van der Waals surface area contributed by atoms with Crippen LogP contribution < -0.4 is 5.32 Å². The molecule has 1 fully saturated rings. The van der Waals surface area contributed by atoms with Gasteiger partial charge in [0, 0.05) is 6.04 Å². The van der Waals surface area contributed by atoms with E-state index in [1.165, 1.54) is 6.26 Å². The molecule has 18 heavy (non-hydrogen) atoms. The van der Waals surface area contributed by atoms with E-state index >= 15 is 0 Å². The molecule has 0 amide bonds. The molecule has 3 atom stereocenters. The van der Waals surface area contributed by atoms with Gasteiger partial charge in [-0.05, 0) is 31.9 Å². The largest absolute Gasteiger partial charge is 0.468 e. The predicted molar refractivity (Wildman–Crippen MR) is 62.1 cm³/mol. The average molecular weight is 261 g/mol. The van der Waals surface area contributed by atoms with Crippen LogP contribution in [0.1, 0.15) is 44.4 Å². The molecule has 102 valence electrons. The van der Waals surface area contributed by atoms with Crippen molar-refractivity contribution in [2.75, 3.05) is 0 Å². The molecular weight excluding hydrogens is 243 g/mol. The Hall–Kier alpha value is -0.970. The Kier molecular flexibility index (Phi) is 4.00. The lowest BCUT2D eigenvalue weighted by atomic mass is 9.83. The summed E-state index contributed by atoms with van der Waals surface area (Å²) in [6, 6.07) is 2.84. The fourth-order valence-corrected chi connectivity index (χ4v) is 2.66. The molecule has 3 unspecified atom stereocenters. The van der Waals surface area contributed by atoms with E-state index in [0.717, 1.165) is 6.42 Å². The molecule has 1 aliphatic rings. The van der Waals surface area contributed by atoms with Gasteiger partial charge in [0.05, 0.1) is 18.2 Å². The quantitative estimate of drug-likeness (QED) is 0.888. The second-order valence-electron chi connectivity index (χ2n) is 4.94. The maximum atomic E-state index is 12.9. The van der Waals surface area contributed by atoms with Crippen LogP contribution in [-0.2, 0) is 0 Å². The van der Waals surface area contributed by atoms with Gasteiger partial charge in [-0.1, -0.05) is 12.8 Å². The number of alkyl halides is 3. The zero-order valence-electron chi connectivity index (χ0n) is 10.3. The average Bonchev–Trinajstić information content (AvgIpc) is 2.81. The first-order chi connectivity index (χ1) is 8.48. The lowest BCUT2D eigenvalue weighted by Crippen LogP contribution is -2.46. The maximum absolute atomic E-state index is 12.9. The fraction of sp³-hybridized carbons (Fsp3) is 0.692. The van der Waals surface area contributed by atoms with Crippen LogP contribution in [0, 0.1) is 5.92 Å².